The summed E-state index contributed by atoms with van der Waals surface area (Å²) in [5.74, 6) is -2.31. The Morgan fingerprint density at radius 1 is 1.09 bits per heavy atom. The molecule has 0 radical (unpaired) electrons. The lowest BCUT2D eigenvalue weighted by molar-refractivity contribution is 0.102. The van der Waals surface area contributed by atoms with Crippen molar-refractivity contribution in [3.63, 3.8) is 0 Å². The molecule has 0 aromatic heterocycles. The number of benzene rings is 2. The van der Waals surface area contributed by atoms with Crippen molar-refractivity contribution >= 4 is 28.6 Å². The Labute approximate surface area is 136 Å². The van der Waals surface area contributed by atoms with Crippen LogP contribution in [0.15, 0.2) is 47.4 Å². The molecule has 2 rings (SSSR count). The number of amides is 2. The molecule has 0 atom stereocenters. The van der Waals surface area contributed by atoms with E-state index >= 15 is 0 Å². The standard InChI is InChI=1S/C16H14F2N2O2S/c1-20(2)16(22)23-14-6-4-3-5-13(14)19-15(21)11-9-10(17)7-8-12(11)18/h3-9H,1-2H3,(H,19,21). The Morgan fingerprint density at radius 2 is 1.78 bits per heavy atom. The molecular weight excluding hydrogens is 322 g/mol. The van der Waals surface area contributed by atoms with E-state index in [2.05, 4.69) is 5.32 Å². The summed E-state index contributed by atoms with van der Waals surface area (Å²) in [6, 6.07) is 9.27. The number of hydrogen-bond acceptors (Lipinski definition) is 3. The fourth-order valence-corrected chi connectivity index (χ4v) is 2.45. The van der Waals surface area contributed by atoms with Gasteiger partial charge in [-0.25, -0.2) is 8.78 Å². The highest BCUT2D eigenvalue weighted by Gasteiger charge is 2.16. The van der Waals surface area contributed by atoms with Gasteiger partial charge in [-0.3, -0.25) is 9.59 Å². The Balaban J connectivity index is 2.24. The third kappa shape index (κ3) is 4.29. The first-order chi connectivity index (χ1) is 10.9. The maximum Gasteiger partial charge on any atom is 0.286 e. The number of hydrogen-bond donors (Lipinski definition) is 1. The van der Waals surface area contributed by atoms with Gasteiger partial charge in [0.05, 0.1) is 11.3 Å². The molecule has 120 valence electrons. The average molecular weight is 336 g/mol. The molecule has 0 aliphatic carbocycles. The van der Waals surface area contributed by atoms with Crippen molar-refractivity contribution in [3.05, 3.63) is 59.7 Å². The van der Waals surface area contributed by atoms with Crippen LogP contribution in [0.1, 0.15) is 10.4 Å². The molecule has 23 heavy (non-hydrogen) atoms. The van der Waals surface area contributed by atoms with Crippen molar-refractivity contribution in [3.8, 4) is 0 Å². The van der Waals surface area contributed by atoms with Crippen LogP contribution in [-0.4, -0.2) is 30.1 Å². The van der Waals surface area contributed by atoms with Crippen molar-refractivity contribution < 1.29 is 18.4 Å². The van der Waals surface area contributed by atoms with Gasteiger partial charge in [-0.2, -0.15) is 0 Å². The Hall–Kier alpha value is -2.41. The highest BCUT2D eigenvalue weighted by atomic mass is 32.2. The van der Waals surface area contributed by atoms with Crippen LogP contribution in [0.3, 0.4) is 0 Å². The second kappa shape index (κ2) is 7.23. The molecule has 2 aromatic carbocycles. The lowest BCUT2D eigenvalue weighted by atomic mass is 10.2. The van der Waals surface area contributed by atoms with Crippen molar-refractivity contribution in [1.82, 2.24) is 4.90 Å². The zero-order valence-corrected chi connectivity index (χ0v) is 13.3. The van der Waals surface area contributed by atoms with Crippen LogP contribution in [0, 0.1) is 11.6 Å². The predicted molar refractivity (Wildman–Crippen MR) is 85.7 cm³/mol. The first kappa shape index (κ1) is 17.0. The summed E-state index contributed by atoms with van der Waals surface area (Å²) in [7, 11) is 3.22. The van der Waals surface area contributed by atoms with Gasteiger partial charge < -0.3 is 10.2 Å². The van der Waals surface area contributed by atoms with Crippen LogP contribution in [0.5, 0.6) is 0 Å². The zero-order chi connectivity index (χ0) is 17.0. The molecule has 0 bridgehead atoms. The van der Waals surface area contributed by atoms with E-state index in [-0.39, 0.29) is 5.24 Å². The molecule has 2 aromatic rings. The summed E-state index contributed by atoms with van der Waals surface area (Å²) in [5, 5.41) is 2.28. The highest BCUT2D eigenvalue weighted by Crippen LogP contribution is 2.29. The van der Waals surface area contributed by atoms with E-state index in [1.807, 2.05) is 0 Å². The normalized spacial score (nSPS) is 10.3. The van der Waals surface area contributed by atoms with Gasteiger partial charge in [0.1, 0.15) is 11.6 Å². The Kier molecular flexibility index (Phi) is 5.33. The predicted octanol–water partition coefficient (Wildman–Crippen LogP) is 3.99. The molecule has 0 aliphatic rings. The summed E-state index contributed by atoms with van der Waals surface area (Å²) in [6.07, 6.45) is 0. The smallest absolute Gasteiger partial charge is 0.286 e. The number of nitrogens with zero attached hydrogens (tertiary/aromatic N) is 1. The minimum absolute atomic E-state index is 0.219. The van der Waals surface area contributed by atoms with Crippen molar-refractivity contribution in [2.75, 3.05) is 19.4 Å². The number of para-hydroxylation sites is 1. The van der Waals surface area contributed by atoms with Crippen LogP contribution in [0.25, 0.3) is 0 Å². The molecule has 0 unspecified atom stereocenters. The molecule has 7 heteroatoms. The number of rotatable bonds is 3. The minimum Gasteiger partial charge on any atom is -0.339 e. The molecule has 0 saturated heterocycles. The average Bonchev–Trinajstić information content (AvgIpc) is 2.51. The van der Waals surface area contributed by atoms with Crippen LogP contribution >= 0.6 is 11.8 Å². The molecule has 0 spiro atoms. The number of nitrogens with one attached hydrogen (secondary N) is 1. The SMILES string of the molecule is CN(C)C(=O)Sc1ccccc1NC(=O)c1cc(F)ccc1F. The fraction of sp³-hybridized carbons (Fsp3) is 0.125. The van der Waals surface area contributed by atoms with Crippen molar-refractivity contribution in [1.29, 1.82) is 0 Å². The quantitative estimate of drug-likeness (QED) is 0.862. The number of halogens is 2. The molecule has 1 N–H and O–H groups in total. The Morgan fingerprint density at radius 3 is 2.48 bits per heavy atom. The first-order valence-electron chi connectivity index (χ1n) is 6.63. The van der Waals surface area contributed by atoms with E-state index in [4.69, 9.17) is 0 Å². The van der Waals surface area contributed by atoms with Crippen molar-refractivity contribution in [2.24, 2.45) is 0 Å². The third-order valence-corrected chi connectivity index (χ3v) is 3.99. The van der Waals surface area contributed by atoms with Gasteiger partial charge in [-0.1, -0.05) is 12.1 Å². The second-order valence-electron chi connectivity index (χ2n) is 4.84. The molecule has 0 aliphatic heterocycles. The third-order valence-electron chi connectivity index (χ3n) is 2.87. The summed E-state index contributed by atoms with van der Waals surface area (Å²) >= 11 is 0.927. The summed E-state index contributed by atoms with van der Waals surface area (Å²) < 4.78 is 26.8. The van der Waals surface area contributed by atoms with Gasteiger partial charge in [-0.05, 0) is 42.1 Å². The lowest BCUT2D eigenvalue weighted by Gasteiger charge is -2.13. The number of carbonyl (C=O) groups is 2. The maximum atomic E-state index is 13.6. The van der Waals surface area contributed by atoms with E-state index in [1.54, 1.807) is 38.4 Å². The van der Waals surface area contributed by atoms with E-state index in [0.717, 1.165) is 30.0 Å². The van der Waals surface area contributed by atoms with Crippen LogP contribution < -0.4 is 5.32 Å². The minimum atomic E-state index is -0.821. The van der Waals surface area contributed by atoms with E-state index in [9.17, 15) is 18.4 Å². The molecule has 0 fully saturated rings. The van der Waals surface area contributed by atoms with Crippen LogP contribution in [0.2, 0.25) is 0 Å². The van der Waals surface area contributed by atoms with Gasteiger partial charge in [0.2, 0.25) is 0 Å². The largest absolute Gasteiger partial charge is 0.339 e. The zero-order valence-electron chi connectivity index (χ0n) is 12.5. The summed E-state index contributed by atoms with van der Waals surface area (Å²) in [6.45, 7) is 0. The number of thioether (sulfide) groups is 1. The van der Waals surface area contributed by atoms with Crippen LogP contribution in [0.4, 0.5) is 19.3 Å². The van der Waals surface area contributed by atoms with Gasteiger partial charge in [0.15, 0.2) is 0 Å². The molecule has 0 heterocycles. The van der Waals surface area contributed by atoms with Gasteiger partial charge in [0, 0.05) is 19.0 Å². The summed E-state index contributed by atoms with van der Waals surface area (Å²) in [5.41, 5.74) is -0.0508. The second-order valence-corrected chi connectivity index (χ2v) is 5.83. The van der Waals surface area contributed by atoms with Gasteiger partial charge in [-0.15, -0.1) is 0 Å². The topological polar surface area (TPSA) is 49.4 Å². The van der Waals surface area contributed by atoms with E-state index in [0.29, 0.717) is 10.6 Å². The van der Waals surface area contributed by atoms with E-state index in [1.165, 1.54) is 4.90 Å². The molecule has 4 nitrogen and oxygen atoms in total. The maximum absolute atomic E-state index is 13.6. The monoisotopic (exact) mass is 336 g/mol. The first-order valence-corrected chi connectivity index (χ1v) is 7.44. The van der Waals surface area contributed by atoms with Gasteiger partial charge in [0.25, 0.3) is 11.1 Å². The van der Waals surface area contributed by atoms with Crippen LogP contribution in [-0.2, 0) is 0 Å². The Bertz CT molecular complexity index is 751. The van der Waals surface area contributed by atoms with Crippen molar-refractivity contribution in [2.45, 2.75) is 4.90 Å². The lowest BCUT2D eigenvalue weighted by Crippen LogP contribution is -2.17. The van der Waals surface area contributed by atoms with E-state index < -0.39 is 23.1 Å². The number of anilines is 1. The molecule has 2 amide bonds. The highest BCUT2D eigenvalue weighted by molar-refractivity contribution is 8.13. The summed E-state index contributed by atoms with van der Waals surface area (Å²) in [4.78, 5) is 25.8. The molecule has 0 saturated carbocycles. The van der Waals surface area contributed by atoms with Gasteiger partial charge >= 0.3 is 0 Å². The molecular formula is C16H14F2N2O2S. The number of carbonyl (C=O) groups excluding carboxylic acids is 2. The fourth-order valence-electron chi connectivity index (χ4n) is 1.71.